The van der Waals surface area contributed by atoms with E-state index in [2.05, 4.69) is 0 Å². The summed E-state index contributed by atoms with van der Waals surface area (Å²) in [6, 6.07) is 0. The molecule has 0 aliphatic carbocycles. The van der Waals surface area contributed by atoms with Crippen LogP contribution in [0.4, 0.5) is 0 Å². The van der Waals surface area contributed by atoms with E-state index in [1.54, 1.807) is 0 Å². The predicted molar refractivity (Wildman–Crippen MR) is 49.5 cm³/mol. The number of fused-ring (bicyclic) bond motifs is 2. The third kappa shape index (κ3) is 1.46. The zero-order chi connectivity index (χ0) is 7.68. The molecule has 2 bridgehead atoms. The number of aliphatic hydroxyl groups excluding tert-OH is 1. The van der Waals surface area contributed by atoms with Crippen molar-refractivity contribution < 1.29 is 5.11 Å². The fourth-order valence-corrected chi connectivity index (χ4v) is 5.89. The van der Waals surface area contributed by atoms with Crippen molar-refractivity contribution in [3.05, 3.63) is 0 Å². The average molecular weight is 172 g/mol. The maximum atomic E-state index is 9.21. The van der Waals surface area contributed by atoms with Gasteiger partial charge in [-0.15, -0.1) is 7.92 Å². The molecule has 0 aromatic heterocycles. The van der Waals surface area contributed by atoms with Crippen molar-refractivity contribution in [3.63, 3.8) is 0 Å². The Morgan fingerprint density at radius 3 is 2.91 bits per heavy atom. The molecule has 2 aliphatic rings. The van der Waals surface area contributed by atoms with Gasteiger partial charge < -0.3 is 5.11 Å². The van der Waals surface area contributed by atoms with Crippen LogP contribution < -0.4 is 0 Å². The first-order chi connectivity index (χ1) is 5.42. The Labute approximate surface area is 69.9 Å². The molecule has 2 heterocycles. The molecule has 1 N–H and O–H groups in total. The van der Waals surface area contributed by atoms with Gasteiger partial charge in [-0.1, -0.05) is 6.42 Å². The lowest BCUT2D eigenvalue weighted by Crippen LogP contribution is -2.15. The van der Waals surface area contributed by atoms with E-state index >= 15 is 0 Å². The van der Waals surface area contributed by atoms with E-state index in [9.17, 15) is 5.11 Å². The lowest BCUT2D eigenvalue weighted by Gasteiger charge is -2.19. The molecule has 0 spiro atoms. The highest BCUT2D eigenvalue weighted by Crippen LogP contribution is 2.56. The second-order valence-electron chi connectivity index (χ2n) is 3.83. The molecular weight excluding hydrogens is 155 g/mol. The Kier molecular flexibility index (Phi) is 2.48. The molecule has 2 heteroatoms. The summed E-state index contributed by atoms with van der Waals surface area (Å²) < 4.78 is 0. The zero-order valence-corrected chi connectivity index (χ0v) is 7.89. The lowest BCUT2D eigenvalue weighted by atomic mass is 9.96. The Bertz CT molecular complexity index is 124. The molecule has 64 valence electrons. The van der Waals surface area contributed by atoms with Crippen LogP contribution in [0.15, 0.2) is 0 Å². The molecule has 0 amide bonds. The second kappa shape index (κ2) is 3.41. The number of aliphatic hydroxyl groups is 1. The van der Waals surface area contributed by atoms with E-state index in [-0.39, 0.29) is 7.92 Å². The van der Waals surface area contributed by atoms with E-state index in [1.165, 1.54) is 38.0 Å². The fourth-order valence-electron chi connectivity index (χ4n) is 2.59. The topological polar surface area (TPSA) is 20.2 Å². The summed E-state index contributed by atoms with van der Waals surface area (Å²) in [4.78, 5) is 0. The van der Waals surface area contributed by atoms with Gasteiger partial charge in [0, 0.05) is 5.66 Å². The van der Waals surface area contributed by atoms with Crippen LogP contribution in [0, 0.1) is 5.92 Å². The summed E-state index contributed by atoms with van der Waals surface area (Å²) in [5, 5.41) is 9.21. The standard InChI is InChI=1S/C9H17OP/c10-7-9-8-3-1-2-5-11(9)6-4-8/h8-10H,1-7H2. The van der Waals surface area contributed by atoms with Gasteiger partial charge in [-0.3, -0.25) is 0 Å². The zero-order valence-electron chi connectivity index (χ0n) is 7.00. The second-order valence-corrected chi connectivity index (χ2v) is 6.57. The highest BCUT2D eigenvalue weighted by atomic mass is 31.1. The number of rotatable bonds is 1. The number of hydrogen-bond donors (Lipinski definition) is 1. The summed E-state index contributed by atoms with van der Waals surface area (Å²) in [6.45, 7) is 0.483. The normalized spacial score (nSPS) is 43.9. The summed E-state index contributed by atoms with van der Waals surface area (Å²) in [5.74, 6) is 0.911. The molecule has 2 fully saturated rings. The van der Waals surface area contributed by atoms with E-state index in [4.69, 9.17) is 0 Å². The van der Waals surface area contributed by atoms with Crippen LogP contribution in [0.5, 0.6) is 0 Å². The quantitative estimate of drug-likeness (QED) is 0.600. The highest BCUT2D eigenvalue weighted by molar-refractivity contribution is 7.58. The van der Waals surface area contributed by atoms with Crippen LogP contribution in [0.2, 0.25) is 0 Å². The van der Waals surface area contributed by atoms with Crippen molar-refractivity contribution in [2.45, 2.75) is 31.3 Å². The lowest BCUT2D eigenvalue weighted by molar-refractivity contribution is 0.262. The third-order valence-corrected chi connectivity index (χ3v) is 6.50. The smallest absolute Gasteiger partial charge is 0.0501 e. The molecule has 2 aliphatic heterocycles. The van der Waals surface area contributed by atoms with E-state index in [0.29, 0.717) is 6.61 Å². The molecule has 2 saturated heterocycles. The van der Waals surface area contributed by atoms with Gasteiger partial charge in [0.25, 0.3) is 0 Å². The Balaban J connectivity index is 2.06. The minimum Gasteiger partial charge on any atom is -0.396 e. The molecular formula is C9H17OP. The maximum absolute atomic E-state index is 9.21. The van der Waals surface area contributed by atoms with Gasteiger partial charge in [-0.25, -0.2) is 0 Å². The molecule has 3 atom stereocenters. The largest absolute Gasteiger partial charge is 0.396 e. The third-order valence-electron chi connectivity index (χ3n) is 3.26. The van der Waals surface area contributed by atoms with E-state index in [1.807, 2.05) is 0 Å². The first-order valence-corrected chi connectivity index (χ1v) is 6.55. The molecule has 11 heavy (non-hydrogen) atoms. The van der Waals surface area contributed by atoms with Crippen LogP contribution >= 0.6 is 7.92 Å². The van der Waals surface area contributed by atoms with Crippen molar-refractivity contribution in [2.24, 2.45) is 5.92 Å². The molecule has 0 radical (unpaired) electrons. The van der Waals surface area contributed by atoms with Gasteiger partial charge >= 0.3 is 0 Å². The van der Waals surface area contributed by atoms with Crippen LogP contribution in [-0.4, -0.2) is 29.7 Å². The Morgan fingerprint density at radius 1 is 1.18 bits per heavy atom. The van der Waals surface area contributed by atoms with Gasteiger partial charge in [0.1, 0.15) is 0 Å². The van der Waals surface area contributed by atoms with Crippen molar-refractivity contribution in [3.8, 4) is 0 Å². The number of hydrogen-bond acceptors (Lipinski definition) is 1. The summed E-state index contributed by atoms with van der Waals surface area (Å²) in [5.41, 5.74) is 0.743. The predicted octanol–water partition coefficient (Wildman–Crippen LogP) is 2.03. The summed E-state index contributed by atoms with van der Waals surface area (Å²) in [6.07, 6.45) is 8.63. The monoisotopic (exact) mass is 172 g/mol. The van der Waals surface area contributed by atoms with Gasteiger partial charge in [0.15, 0.2) is 0 Å². The fraction of sp³-hybridized carbons (Fsp3) is 1.00. The minimum atomic E-state index is 0.264. The van der Waals surface area contributed by atoms with Gasteiger partial charge in [0.2, 0.25) is 0 Å². The molecule has 2 rings (SSSR count). The maximum Gasteiger partial charge on any atom is 0.0501 e. The van der Waals surface area contributed by atoms with Crippen molar-refractivity contribution in [2.75, 3.05) is 18.9 Å². The van der Waals surface area contributed by atoms with E-state index < -0.39 is 0 Å². The van der Waals surface area contributed by atoms with Crippen molar-refractivity contribution in [1.82, 2.24) is 0 Å². The minimum absolute atomic E-state index is 0.264. The average Bonchev–Trinajstić information content (AvgIpc) is 2.23. The molecule has 1 nitrogen and oxygen atoms in total. The van der Waals surface area contributed by atoms with Gasteiger partial charge in [-0.05, 0) is 37.5 Å². The molecule has 0 aromatic rings. The van der Waals surface area contributed by atoms with Crippen LogP contribution in [0.25, 0.3) is 0 Å². The summed E-state index contributed by atoms with van der Waals surface area (Å²) in [7, 11) is 0.264. The van der Waals surface area contributed by atoms with Crippen molar-refractivity contribution >= 4 is 7.92 Å². The highest BCUT2D eigenvalue weighted by Gasteiger charge is 2.35. The van der Waals surface area contributed by atoms with Crippen LogP contribution in [0.1, 0.15) is 25.7 Å². The Morgan fingerprint density at radius 2 is 2.09 bits per heavy atom. The SMILES string of the molecule is OCC1C2CCCCP1CC2. The molecule has 0 saturated carbocycles. The first-order valence-electron chi connectivity index (χ1n) is 4.76. The summed E-state index contributed by atoms with van der Waals surface area (Å²) >= 11 is 0. The van der Waals surface area contributed by atoms with E-state index in [0.717, 1.165) is 11.6 Å². The van der Waals surface area contributed by atoms with Crippen LogP contribution in [-0.2, 0) is 0 Å². The Hall–Kier alpha value is 0.390. The van der Waals surface area contributed by atoms with Crippen LogP contribution in [0.3, 0.4) is 0 Å². The van der Waals surface area contributed by atoms with Gasteiger partial charge in [-0.2, -0.15) is 0 Å². The van der Waals surface area contributed by atoms with Gasteiger partial charge in [0.05, 0.1) is 6.61 Å². The van der Waals surface area contributed by atoms with Crippen molar-refractivity contribution in [1.29, 1.82) is 0 Å². The molecule has 0 aromatic carbocycles. The molecule has 3 unspecified atom stereocenters. The first kappa shape index (κ1) is 8.01.